The minimum absolute atomic E-state index is 0.0102. The number of thiophene rings is 1. The normalized spacial score (nSPS) is 19.4. The summed E-state index contributed by atoms with van der Waals surface area (Å²) in [5.41, 5.74) is 7.42. The lowest BCUT2D eigenvalue weighted by atomic mass is 9.80. The Kier molecular flexibility index (Phi) is 5.15. The highest BCUT2D eigenvalue weighted by Crippen LogP contribution is 2.48. The van der Waals surface area contributed by atoms with Gasteiger partial charge in [0.15, 0.2) is 5.78 Å². The Bertz CT molecular complexity index is 1090. The molecule has 8 heteroatoms. The van der Waals surface area contributed by atoms with Crippen LogP contribution in [0.2, 0.25) is 15.1 Å². The summed E-state index contributed by atoms with van der Waals surface area (Å²) >= 11 is 20.1. The second kappa shape index (κ2) is 7.46. The first-order chi connectivity index (χ1) is 13.4. The van der Waals surface area contributed by atoms with Crippen molar-refractivity contribution in [3.05, 3.63) is 67.0 Å². The molecule has 0 spiro atoms. The van der Waals surface area contributed by atoms with Crippen molar-refractivity contribution in [1.29, 1.82) is 5.26 Å². The van der Waals surface area contributed by atoms with Gasteiger partial charge < -0.3 is 10.5 Å². The Morgan fingerprint density at radius 1 is 1.18 bits per heavy atom. The fourth-order valence-corrected chi connectivity index (χ4v) is 5.89. The molecule has 0 amide bonds. The number of hydrogen-bond donors (Lipinski definition) is 1. The summed E-state index contributed by atoms with van der Waals surface area (Å²) in [5, 5.41) is 11.0. The number of ether oxygens (including phenoxy) is 1. The summed E-state index contributed by atoms with van der Waals surface area (Å²) in [6.45, 7) is 0. The number of hydrogen-bond acceptors (Lipinski definition) is 5. The van der Waals surface area contributed by atoms with Crippen LogP contribution in [0.25, 0.3) is 10.4 Å². The predicted molar refractivity (Wildman–Crippen MR) is 111 cm³/mol. The summed E-state index contributed by atoms with van der Waals surface area (Å²) in [4.78, 5) is 14.3. The van der Waals surface area contributed by atoms with E-state index in [1.807, 2.05) is 12.1 Å². The molecule has 0 bridgehead atoms. The molecule has 1 aliphatic carbocycles. The standard InChI is InChI=1S/C20H13Cl3N2O2S/c21-9-6-11(22)18(12(23)7-9)16-5-4-15(28-16)17-10(8-24)20(25)27-14-3-1-2-13(26)19(14)17/h4-7,17H,1-3,25H2/t17-/m0/s1. The summed E-state index contributed by atoms with van der Waals surface area (Å²) in [6.07, 6.45) is 1.78. The van der Waals surface area contributed by atoms with E-state index in [0.717, 1.165) is 9.75 Å². The Balaban J connectivity index is 1.85. The van der Waals surface area contributed by atoms with Crippen molar-refractivity contribution in [2.24, 2.45) is 5.73 Å². The van der Waals surface area contributed by atoms with Crippen LogP contribution < -0.4 is 5.73 Å². The molecule has 2 N–H and O–H groups in total. The van der Waals surface area contributed by atoms with Gasteiger partial charge in [0.05, 0.1) is 16.0 Å². The molecule has 0 radical (unpaired) electrons. The third kappa shape index (κ3) is 3.21. The first-order valence-corrected chi connectivity index (χ1v) is 10.4. The number of nitrogens with two attached hydrogens (primary N) is 1. The van der Waals surface area contributed by atoms with Crippen molar-refractivity contribution in [2.45, 2.75) is 25.2 Å². The lowest BCUT2D eigenvalue weighted by Gasteiger charge is -2.30. The zero-order chi connectivity index (χ0) is 20.0. The molecule has 2 aliphatic rings. The molecule has 1 aromatic heterocycles. The second-order valence-corrected chi connectivity index (χ2v) is 8.85. The number of ketones is 1. The van der Waals surface area contributed by atoms with Crippen LogP contribution in [0.4, 0.5) is 0 Å². The van der Waals surface area contributed by atoms with Crippen LogP contribution in [0.15, 0.2) is 47.1 Å². The molecule has 28 heavy (non-hydrogen) atoms. The molecule has 4 nitrogen and oxygen atoms in total. The van der Waals surface area contributed by atoms with E-state index in [-0.39, 0.29) is 17.2 Å². The highest BCUT2D eigenvalue weighted by Gasteiger charge is 2.38. The zero-order valence-corrected chi connectivity index (χ0v) is 17.5. The third-order valence-corrected chi connectivity index (χ3v) is 6.75. The van der Waals surface area contributed by atoms with Crippen LogP contribution >= 0.6 is 46.1 Å². The van der Waals surface area contributed by atoms with Crippen LogP contribution in [0.5, 0.6) is 0 Å². The fourth-order valence-electron chi connectivity index (χ4n) is 3.56. The number of halogens is 3. The van der Waals surface area contributed by atoms with E-state index in [1.165, 1.54) is 11.3 Å². The quantitative estimate of drug-likeness (QED) is 0.590. The first kappa shape index (κ1) is 19.4. The van der Waals surface area contributed by atoms with Gasteiger partial charge in [0.1, 0.15) is 17.4 Å². The summed E-state index contributed by atoms with van der Waals surface area (Å²) in [5.74, 6) is 0.0721. The van der Waals surface area contributed by atoms with E-state index < -0.39 is 5.92 Å². The molecule has 0 saturated heterocycles. The van der Waals surface area contributed by atoms with E-state index >= 15 is 0 Å². The fraction of sp³-hybridized carbons (Fsp3) is 0.200. The van der Waals surface area contributed by atoms with Crippen molar-refractivity contribution >= 4 is 51.9 Å². The van der Waals surface area contributed by atoms with Crippen molar-refractivity contribution in [2.75, 3.05) is 0 Å². The summed E-state index contributed by atoms with van der Waals surface area (Å²) < 4.78 is 5.60. The van der Waals surface area contributed by atoms with Crippen molar-refractivity contribution in [3.63, 3.8) is 0 Å². The molecule has 0 saturated carbocycles. The molecule has 142 valence electrons. The summed E-state index contributed by atoms with van der Waals surface area (Å²) in [6, 6.07) is 9.11. The maximum atomic E-state index is 12.6. The van der Waals surface area contributed by atoms with Gasteiger partial charge in [-0.3, -0.25) is 4.79 Å². The highest BCUT2D eigenvalue weighted by molar-refractivity contribution is 7.15. The molecule has 4 rings (SSSR count). The monoisotopic (exact) mass is 450 g/mol. The second-order valence-electron chi connectivity index (χ2n) is 6.48. The number of Topliss-reactive ketones (excluding diaryl/α,β-unsaturated/α-hetero) is 1. The molecule has 2 heterocycles. The van der Waals surface area contributed by atoms with Crippen LogP contribution in [-0.2, 0) is 9.53 Å². The minimum Gasteiger partial charge on any atom is -0.444 e. The van der Waals surface area contributed by atoms with Gasteiger partial charge in [-0.2, -0.15) is 5.26 Å². The van der Waals surface area contributed by atoms with Gasteiger partial charge in [0, 0.05) is 38.8 Å². The van der Waals surface area contributed by atoms with Crippen LogP contribution in [0.3, 0.4) is 0 Å². The van der Waals surface area contributed by atoms with Gasteiger partial charge in [0.25, 0.3) is 0 Å². The first-order valence-electron chi connectivity index (χ1n) is 8.49. The van der Waals surface area contributed by atoms with E-state index in [2.05, 4.69) is 6.07 Å². The number of carbonyl (C=O) groups excluding carboxylic acids is 1. The molecular weight excluding hydrogens is 439 g/mol. The molecule has 0 fully saturated rings. The summed E-state index contributed by atoms with van der Waals surface area (Å²) in [7, 11) is 0. The molecular formula is C20H13Cl3N2O2S. The van der Waals surface area contributed by atoms with Gasteiger partial charge in [-0.25, -0.2) is 0 Å². The topological polar surface area (TPSA) is 76.1 Å². The van der Waals surface area contributed by atoms with Crippen molar-refractivity contribution in [3.8, 4) is 16.5 Å². The van der Waals surface area contributed by atoms with Crippen LogP contribution in [0, 0.1) is 11.3 Å². The van der Waals surface area contributed by atoms with E-state index in [9.17, 15) is 10.1 Å². The van der Waals surface area contributed by atoms with E-state index in [0.29, 0.717) is 51.2 Å². The predicted octanol–water partition coefficient (Wildman–Crippen LogP) is 6.19. The number of nitriles is 1. The molecule has 1 aromatic carbocycles. The van der Waals surface area contributed by atoms with Gasteiger partial charge in [0.2, 0.25) is 5.88 Å². The maximum Gasteiger partial charge on any atom is 0.205 e. The van der Waals surface area contributed by atoms with Crippen LogP contribution in [0.1, 0.15) is 30.1 Å². The number of benzene rings is 1. The highest BCUT2D eigenvalue weighted by atomic mass is 35.5. The lowest BCUT2D eigenvalue weighted by molar-refractivity contribution is -0.116. The average molecular weight is 452 g/mol. The molecule has 1 atom stereocenters. The smallest absolute Gasteiger partial charge is 0.205 e. The minimum atomic E-state index is -0.537. The molecule has 0 unspecified atom stereocenters. The number of allylic oxidation sites excluding steroid dienone is 3. The molecule has 2 aromatic rings. The maximum absolute atomic E-state index is 12.6. The Morgan fingerprint density at radius 2 is 1.89 bits per heavy atom. The van der Waals surface area contributed by atoms with Gasteiger partial charge in [-0.05, 0) is 30.7 Å². The zero-order valence-electron chi connectivity index (χ0n) is 14.4. The molecule has 1 aliphatic heterocycles. The van der Waals surface area contributed by atoms with Crippen molar-refractivity contribution in [1.82, 2.24) is 0 Å². The number of carbonyl (C=O) groups is 1. The van der Waals surface area contributed by atoms with Crippen molar-refractivity contribution < 1.29 is 9.53 Å². The largest absolute Gasteiger partial charge is 0.444 e. The van der Waals surface area contributed by atoms with Gasteiger partial charge in [-0.1, -0.05) is 34.8 Å². The van der Waals surface area contributed by atoms with Gasteiger partial charge in [-0.15, -0.1) is 11.3 Å². The van der Waals surface area contributed by atoms with E-state index in [4.69, 9.17) is 45.3 Å². The Morgan fingerprint density at radius 3 is 2.57 bits per heavy atom. The average Bonchev–Trinajstić information content (AvgIpc) is 3.09. The third-order valence-electron chi connectivity index (χ3n) is 4.77. The van der Waals surface area contributed by atoms with Crippen LogP contribution in [-0.4, -0.2) is 5.78 Å². The lowest BCUT2D eigenvalue weighted by Crippen LogP contribution is -2.26. The number of nitrogens with zero attached hydrogens (tertiary/aromatic N) is 1. The Hall–Kier alpha value is -1.97. The Labute approximate surface area is 180 Å². The van der Waals surface area contributed by atoms with E-state index in [1.54, 1.807) is 12.1 Å². The van der Waals surface area contributed by atoms with Gasteiger partial charge >= 0.3 is 0 Å². The SMILES string of the molecule is N#CC1=C(N)OC2=C(C(=O)CCC2)[C@@H]1c1ccc(-c2c(Cl)cc(Cl)cc2Cl)s1. The number of rotatable bonds is 2.